The SMILES string of the molecule is CCCOc1ncnc(OCc2cccc(Br)c2)c1N. The lowest BCUT2D eigenvalue weighted by atomic mass is 10.2. The van der Waals surface area contributed by atoms with Gasteiger partial charge in [-0.05, 0) is 24.1 Å². The highest BCUT2D eigenvalue weighted by Gasteiger charge is 2.10. The second-order valence-electron chi connectivity index (χ2n) is 4.16. The first-order valence-electron chi connectivity index (χ1n) is 6.31. The molecule has 20 heavy (non-hydrogen) atoms. The molecule has 2 rings (SSSR count). The van der Waals surface area contributed by atoms with Crippen LogP contribution in [0.4, 0.5) is 5.69 Å². The van der Waals surface area contributed by atoms with Gasteiger partial charge in [0.25, 0.3) is 0 Å². The number of ether oxygens (including phenoxy) is 2. The second kappa shape index (κ2) is 7.09. The summed E-state index contributed by atoms with van der Waals surface area (Å²) in [7, 11) is 0. The van der Waals surface area contributed by atoms with Crippen molar-refractivity contribution in [3.8, 4) is 11.8 Å². The smallest absolute Gasteiger partial charge is 0.244 e. The van der Waals surface area contributed by atoms with Crippen LogP contribution in [0.2, 0.25) is 0 Å². The number of rotatable bonds is 6. The highest BCUT2D eigenvalue weighted by Crippen LogP contribution is 2.27. The van der Waals surface area contributed by atoms with E-state index in [1.165, 1.54) is 6.33 Å². The van der Waals surface area contributed by atoms with Gasteiger partial charge < -0.3 is 15.2 Å². The predicted molar refractivity (Wildman–Crippen MR) is 80.7 cm³/mol. The zero-order chi connectivity index (χ0) is 14.4. The Morgan fingerprint density at radius 1 is 1.20 bits per heavy atom. The van der Waals surface area contributed by atoms with Crippen LogP contribution in [-0.2, 0) is 6.61 Å². The molecular weight excluding hydrogens is 322 g/mol. The molecule has 1 aromatic heterocycles. The average Bonchev–Trinajstić information content (AvgIpc) is 2.45. The van der Waals surface area contributed by atoms with Crippen LogP contribution >= 0.6 is 15.9 Å². The summed E-state index contributed by atoms with van der Waals surface area (Å²) < 4.78 is 12.1. The third-order valence-electron chi connectivity index (χ3n) is 2.52. The number of aromatic nitrogens is 2. The zero-order valence-corrected chi connectivity index (χ0v) is 12.8. The number of nitrogens with two attached hydrogens (primary N) is 1. The lowest BCUT2D eigenvalue weighted by Crippen LogP contribution is -2.06. The summed E-state index contributed by atoms with van der Waals surface area (Å²) in [5, 5.41) is 0. The van der Waals surface area contributed by atoms with E-state index in [4.69, 9.17) is 15.2 Å². The number of anilines is 1. The Balaban J connectivity index is 2.06. The molecule has 0 amide bonds. The van der Waals surface area contributed by atoms with Gasteiger partial charge in [0, 0.05) is 4.47 Å². The first-order valence-corrected chi connectivity index (χ1v) is 7.10. The van der Waals surface area contributed by atoms with Crippen molar-refractivity contribution in [3.63, 3.8) is 0 Å². The maximum absolute atomic E-state index is 5.93. The third kappa shape index (κ3) is 3.84. The molecule has 0 saturated carbocycles. The van der Waals surface area contributed by atoms with Crippen molar-refractivity contribution >= 4 is 21.6 Å². The molecule has 0 saturated heterocycles. The van der Waals surface area contributed by atoms with E-state index in [0.29, 0.717) is 30.7 Å². The first-order chi connectivity index (χ1) is 9.70. The van der Waals surface area contributed by atoms with Crippen molar-refractivity contribution in [1.82, 2.24) is 9.97 Å². The molecule has 0 bridgehead atoms. The second-order valence-corrected chi connectivity index (χ2v) is 5.08. The maximum atomic E-state index is 5.93. The van der Waals surface area contributed by atoms with Crippen LogP contribution in [0.3, 0.4) is 0 Å². The fourth-order valence-electron chi connectivity index (χ4n) is 1.57. The molecule has 1 aromatic carbocycles. The quantitative estimate of drug-likeness (QED) is 0.876. The van der Waals surface area contributed by atoms with Crippen LogP contribution in [0.25, 0.3) is 0 Å². The molecule has 2 aromatic rings. The Morgan fingerprint density at radius 2 is 1.95 bits per heavy atom. The van der Waals surface area contributed by atoms with Gasteiger partial charge in [-0.15, -0.1) is 0 Å². The van der Waals surface area contributed by atoms with Gasteiger partial charge in [0.1, 0.15) is 12.9 Å². The van der Waals surface area contributed by atoms with Crippen LogP contribution in [0, 0.1) is 0 Å². The highest BCUT2D eigenvalue weighted by atomic mass is 79.9. The minimum atomic E-state index is 0.330. The number of benzene rings is 1. The lowest BCUT2D eigenvalue weighted by molar-refractivity contribution is 0.282. The Morgan fingerprint density at radius 3 is 2.65 bits per heavy atom. The number of hydrogen-bond acceptors (Lipinski definition) is 5. The molecular formula is C14H16BrN3O2. The molecule has 2 N–H and O–H groups in total. The van der Waals surface area contributed by atoms with Crippen molar-refractivity contribution in [1.29, 1.82) is 0 Å². The molecule has 0 aliphatic heterocycles. The Labute approximate surface area is 126 Å². The summed E-state index contributed by atoms with van der Waals surface area (Å²) >= 11 is 3.42. The summed E-state index contributed by atoms with van der Waals surface area (Å²) in [6.07, 6.45) is 2.27. The van der Waals surface area contributed by atoms with Crippen molar-refractivity contribution in [2.75, 3.05) is 12.3 Å². The minimum absolute atomic E-state index is 0.330. The summed E-state index contributed by atoms with van der Waals surface area (Å²) in [5.41, 5.74) is 7.29. The van der Waals surface area contributed by atoms with Crippen LogP contribution in [0.1, 0.15) is 18.9 Å². The third-order valence-corrected chi connectivity index (χ3v) is 3.01. The van der Waals surface area contributed by atoms with E-state index in [2.05, 4.69) is 25.9 Å². The van der Waals surface area contributed by atoms with Crippen molar-refractivity contribution in [3.05, 3.63) is 40.6 Å². The van der Waals surface area contributed by atoms with Gasteiger partial charge in [-0.25, -0.2) is 0 Å². The van der Waals surface area contributed by atoms with Crippen LogP contribution in [-0.4, -0.2) is 16.6 Å². The average molecular weight is 338 g/mol. The van der Waals surface area contributed by atoms with Gasteiger partial charge in [0.15, 0.2) is 5.69 Å². The van der Waals surface area contributed by atoms with Crippen molar-refractivity contribution in [2.24, 2.45) is 0 Å². The van der Waals surface area contributed by atoms with E-state index in [1.807, 2.05) is 31.2 Å². The molecule has 5 nitrogen and oxygen atoms in total. The van der Waals surface area contributed by atoms with Crippen molar-refractivity contribution in [2.45, 2.75) is 20.0 Å². The zero-order valence-electron chi connectivity index (χ0n) is 11.2. The first kappa shape index (κ1) is 14.6. The van der Waals surface area contributed by atoms with Crippen molar-refractivity contribution < 1.29 is 9.47 Å². The normalized spacial score (nSPS) is 10.3. The summed E-state index contributed by atoms with van der Waals surface area (Å²) in [4.78, 5) is 8.03. The van der Waals surface area contributed by atoms with Crippen LogP contribution in [0.15, 0.2) is 35.1 Å². The van der Waals surface area contributed by atoms with E-state index in [0.717, 1.165) is 16.5 Å². The Hall–Kier alpha value is -1.82. The summed E-state index contributed by atoms with van der Waals surface area (Å²) in [5.74, 6) is 0.706. The maximum Gasteiger partial charge on any atom is 0.244 e. The number of hydrogen-bond donors (Lipinski definition) is 1. The van der Waals surface area contributed by atoms with Gasteiger partial charge in [0.2, 0.25) is 11.8 Å². The monoisotopic (exact) mass is 337 g/mol. The number of halogens is 1. The molecule has 6 heteroatoms. The number of nitrogens with zero attached hydrogens (tertiary/aromatic N) is 2. The fourth-order valence-corrected chi connectivity index (χ4v) is 2.02. The molecule has 1 heterocycles. The molecule has 106 valence electrons. The van der Waals surface area contributed by atoms with Crippen LogP contribution in [0.5, 0.6) is 11.8 Å². The molecule has 0 fully saturated rings. The largest absolute Gasteiger partial charge is 0.476 e. The Kier molecular flexibility index (Phi) is 5.17. The van der Waals surface area contributed by atoms with Gasteiger partial charge in [-0.2, -0.15) is 9.97 Å². The molecule has 0 aliphatic carbocycles. The lowest BCUT2D eigenvalue weighted by Gasteiger charge is -2.11. The van der Waals surface area contributed by atoms with Gasteiger partial charge in [-0.1, -0.05) is 35.0 Å². The molecule has 0 radical (unpaired) electrons. The molecule has 0 spiro atoms. The Bertz CT molecular complexity index is 578. The number of nitrogen functional groups attached to an aromatic ring is 1. The van der Waals surface area contributed by atoms with E-state index in [9.17, 15) is 0 Å². The highest BCUT2D eigenvalue weighted by molar-refractivity contribution is 9.10. The topological polar surface area (TPSA) is 70.3 Å². The van der Waals surface area contributed by atoms with E-state index in [-0.39, 0.29) is 0 Å². The minimum Gasteiger partial charge on any atom is -0.476 e. The molecule has 0 atom stereocenters. The van der Waals surface area contributed by atoms with E-state index < -0.39 is 0 Å². The van der Waals surface area contributed by atoms with Gasteiger partial charge in [0.05, 0.1) is 6.61 Å². The van der Waals surface area contributed by atoms with Gasteiger partial charge >= 0.3 is 0 Å². The summed E-state index contributed by atoms with van der Waals surface area (Å²) in [6, 6.07) is 7.85. The molecule has 0 unspecified atom stereocenters. The summed E-state index contributed by atoms with van der Waals surface area (Å²) in [6.45, 7) is 2.96. The molecule has 0 aliphatic rings. The standard InChI is InChI=1S/C14H16BrN3O2/c1-2-6-19-13-12(16)14(18-9-17-13)20-8-10-4-3-5-11(15)7-10/h3-5,7,9H,2,6,8,16H2,1H3. The van der Waals surface area contributed by atoms with Gasteiger partial charge in [-0.3, -0.25) is 0 Å². The van der Waals surface area contributed by atoms with Crippen LogP contribution < -0.4 is 15.2 Å². The van der Waals surface area contributed by atoms with E-state index >= 15 is 0 Å². The van der Waals surface area contributed by atoms with E-state index in [1.54, 1.807) is 0 Å². The predicted octanol–water partition coefficient (Wildman–Crippen LogP) is 3.19. The fraction of sp³-hybridized carbons (Fsp3) is 0.286.